The highest BCUT2D eigenvalue weighted by atomic mass is 16.6. The number of hydrogen-bond acceptors (Lipinski definition) is 5. The first-order valence-electron chi connectivity index (χ1n) is 10.8. The lowest BCUT2D eigenvalue weighted by atomic mass is 9.76. The third-order valence-electron chi connectivity index (χ3n) is 5.85. The smallest absolute Gasteiger partial charge is 0.410 e. The molecule has 6 nitrogen and oxygen atoms in total. The number of nitrogens with zero attached hydrogens (tertiary/aromatic N) is 1. The minimum absolute atomic E-state index is 0.341. The largest absolute Gasteiger partial charge is 0.496 e. The summed E-state index contributed by atoms with van der Waals surface area (Å²) in [6.45, 7) is 12.6. The van der Waals surface area contributed by atoms with Gasteiger partial charge in [-0.25, -0.2) is 4.79 Å². The lowest BCUT2D eigenvalue weighted by Gasteiger charge is -2.42. The summed E-state index contributed by atoms with van der Waals surface area (Å²) in [6, 6.07) is 7.84. The maximum atomic E-state index is 12.6. The fourth-order valence-electron chi connectivity index (χ4n) is 4.21. The minimum atomic E-state index is -0.846. The zero-order valence-electron chi connectivity index (χ0n) is 19.7. The summed E-state index contributed by atoms with van der Waals surface area (Å²) in [7, 11) is 1.64. The molecule has 1 N–H and O–H groups in total. The third-order valence-corrected chi connectivity index (χ3v) is 5.85. The van der Waals surface area contributed by atoms with Crippen molar-refractivity contribution in [3.8, 4) is 17.1 Å². The molecule has 1 fully saturated rings. The van der Waals surface area contributed by atoms with Crippen LogP contribution in [0.25, 0.3) is 11.3 Å². The molecule has 2 aromatic rings. The number of aliphatic hydroxyl groups is 1. The average molecular weight is 430 g/mol. The van der Waals surface area contributed by atoms with Crippen LogP contribution in [-0.4, -0.2) is 41.9 Å². The normalized spacial score (nSPS) is 20.5. The van der Waals surface area contributed by atoms with Gasteiger partial charge in [0.15, 0.2) is 0 Å². The van der Waals surface area contributed by atoms with Gasteiger partial charge in [0, 0.05) is 18.5 Å². The van der Waals surface area contributed by atoms with E-state index in [2.05, 4.69) is 0 Å². The quantitative estimate of drug-likeness (QED) is 0.681. The number of likely N-dealkylation sites (tertiary alicyclic amines) is 1. The van der Waals surface area contributed by atoms with Crippen molar-refractivity contribution < 1.29 is 23.8 Å². The van der Waals surface area contributed by atoms with Gasteiger partial charge < -0.3 is 23.9 Å². The van der Waals surface area contributed by atoms with E-state index in [1.54, 1.807) is 12.0 Å². The number of furan rings is 1. The van der Waals surface area contributed by atoms with Crippen molar-refractivity contribution in [3.63, 3.8) is 0 Å². The molecule has 3 rings (SSSR count). The number of piperidine rings is 1. The number of aliphatic hydroxyl groups excluding tert-OH is 1. The van der Waals surface area contributed by atoms with Gasteiger partial charge in [0.2, 0.25) is 0 Å². The Labute approximate surface area is 185 Å². The Balaban J connectivity index is 1.85. The zero-order valence-corrected chi connectivity index (χ0v) is 19.7. The Kier molecular flexibility index (Phi) is 6.42. The number of hydrogen-bond donors (Lipinski definition) is 1. The van der Waals surface area contributed by atoms with Gasteiger partial charge in [0.25, 0.3) is 0 Å². The highest BCUT2D eigenvalue weighted by molar-refractivity contribution is 5.70. The van der Waals surface area contributed by atoms with Crippen LogP contribution in [0.2, 0.25) is 0 Å². The van der Waals surface area contributed by atoms with Crippen molar-refractivity contribution >= 4 is 6.09 Å². The number of ether oxygens (including phenoxy) is 2. The van der Waals surface area contributed by atoms with Crippen molar-refractivity contribution in [3.05, 3.63) is 41.2 Å². The molecule has 1 saturated heterocycles. The SMILES string of the molecule is COc1cc(C)ccc1-c1oc([C@H](O)C2(C)CCCN(C(=O)OC(C)(C)C)C2)cc1C. The molecule has 170 valence electrons. The molecule has 0 spiro atoms. The maximum Gasteiger partial charge on any atom is 0.410 e. The molecule has 1 amide bonds. The van der Waals surface area contributed by atoms with E-state index >= 15 is 0 Å². The lowest BCUT2D eigenvalue weighted by Crippen LogP contribution is -2.48. The summed E-state index contributed by atoms with van der Waals surface area (Å²) in [4.78, 5) is 14.3. The molecule has 0 aliphatic carbocycles. The van der Waals surface area contributed by atoms with Crippen LogP contribution in [0.1, 0.15) is 63.5 Å². The predicted octanol–water partition coefficient (Wildman–Crippen LogP) is 5.64. The Morgan fingerprint density at radius 3 is 2.61 bits per heavy atom. The summed E-state index contributed by atoms with van der Waals surface area (Å²) in [6.07, 6.45) is 0.398. The Morgan fingerprint density at radius 1 is 1.26 bits per heavy atom. The molecule has 1 unspecified atom stereocenters. The van der Waals surface area contributed by atoms with E-state index in [-0.39, 0.29) is 6.09 Å². The first-order chi connectivity index (χ1) is 14.4. The molecule has 31 heavy (non-hydrogen) atoms. The maximum absolute atomic E-state index is 12.6. The summed E-state index contributed by atoms with van der Waals surface area (Å²) in [5.41, 5.74) is 1.80. The fourth-order valence-corrected chi connectivity index (χ4v) is 4.21. The summed E-state index contributed by atoms with van der Waals surface area (Å²) in [5.74, 6) is 1.93. The molecular weight excluding hydrogens is 394 g/mol. The molecular formula is C25H35NO5. The van der Waals surface area contributed by atoms with Gasteiger partial charge in [-0.3, -0.25) is 0 Å². The van der Waals surface area contributed by atoms with Gasteiger partial charge >= 0.3 is 6.09 Å². The van der Waals surface area contributed by atoms with Crippen molar-refractivity contribution in [1.29, 1.82) is 0 Å². The minimum Gasteiger partial charge on any atom is -0.496 e. The first kappa shape index (κ1) is 23.2. The molecule has 6 heteroatoms. The fraction of sp³-hybridized carbons (Fsp3) is 0.560. The molecule has 1 aliphatic rings. The number of amides is 1. The number of methoxy groups -OCH3 is 1. The van der Waals surface area contributed by atoms with Gasteiger partial charge in [-0.2, -0.15) is 0 Å². The van der Waals surface area contributed by atoms with Gasteiger partial charge in [0.05, 0.1) is 12.7 Å². The van der Waals surface area contributed by atoms with Crippen LogP contribution in [0.4, 0.5) is 4.79 Å². The number of aryl methyl sites for hydroxylation is 2. The van der Waals surface area contributed by atoms with Crippen LogP contribution in [0.15, 0.2) is 28.7 Å². The van der Waals surface area contributed by atoms with E-state index in [0.29, 0.717) is 24.6 Å². The van der Waals surface area contributed by atoms with Crippen LogP contribution in [0, 0.1) is 19.3 Å². The molecule has 2 atom stereocenters. The van der Waals surface area contributed by atoms with Crippen molar-refractivity contribution in [2.75, 3.05) is 20.2 Å². The Morgan fingerprint density at radius 2 is 1.97 bits per heavy atom. The molecule has 2 heterocycles. The second-order valence-corrected chi connectivity index (χ2v) is 9.93. The zero-order chi connectivity index (χ0) is 23.0. The van der Waals surface area contributed by atoms with Gasteiger partial charge in [-0.05, 0) is 76.8 Å². The van der Waals surface area contributed by atoms with Crippen molar-refractivity contribution in [2.45, 2.75) is 66.1 Å². The first-order valence-corrected chi connectivity index (χ1v) is 10.8. The van der Waals surface area contributed by atoms with Gasteiger partial charge in [-0.1, -0.05) is 13.0 Å². The molecule has 0 saturated carbocycles. The molecule has 0 bridgehead atoms. The van der Waals surface area contributed by atoms with E-state index in [4.69, 9.17) is 13.9 Å². The van der Waals surface area contributed by atoms with E-state index < -0.39 is 17.1 Å². The highest BCUT2D eigenvalue weighted by Crippen LogP contribution is 2.44. The summed E-state index contributed by atoms with van der Waals surface area (Å²) in [5, 5.41) is 11.3. The van der Waals surface area contributed by atoms with Crippen LogP contribution in [-0.2, 0) is 4.74 Å². The topological polar surface area (TPSA) is 72.1 Å². The van der Waals surface area contributed by atoms with Crippen LogP contribution >= 0.6 is 0 Å². The molecule has 1 aromatic heterocycles. The summed E-state index contributed by atoms with van der Waals surface area (Å²) < 4.78 is 17.3. The monoisotopic (exact) mass is 429 g/mol. The third kappa shape index (κ3) is 5.06. The lowest BCUT2D eigenvalue weighted by molar-refractivity contribution is -0.0419. The predicted molar refractivity (Wildman–Crippen MR) is 120 cm³/mol. The Bertz CT molecular complexity index is 942. The second kappa shape index (κ2) is 8.58. The Hall–Kier alpha value is -2.47. The van der Waals surface area contributed by atoms with Crippen LogP contribution in [0.3, 0.4) is 0 Å². The molecule has 1 aliphatic heterocycles. The summed E-state index contributed by atoms with van der Waals surface area (Å²) >= 11 is 0. The van der Waals surface area contributed by atoms with Gasteiger partial charge in [0.1, 0.15) is 29.0 Å². The average Bonchev–Trinajstić information content (AvgIpc) is 3.07. The number of carbonyl (C=O) groups is 1. The van der Waals surface area contributed by atoms with Crippen molar-refractivity contribution in [2.24, 2.45) is 5.41 Å². The number of benzene rings is 1. The number of carbonyl (C=O) groups excluding carboxylic acids is 1. The van der Waals surface area contributed by atoms with E-state index in [9.17, 15) is 9.90 Å². The molecule has 0 radical (unpaired) electrons. The van der Waals surface area contributed by atoms with Gasteiger partial charge in [-0.15, -0.1) is 0 Å². The van der Waals surface area contributed by atoms with Crippen molar-refractivity contribution in [1.82, 2.24) is 4.90 Å². The van der Waals surface area contributed by atoms with E-state index in [1.807, 2.05) is 65.8 Å². The standard InChI is InChI=1S/C25H35NO5/c1-16-9-10-18(19(13-16)29-7)21-17(2)14-20(30-21)22(27)25(6)11-8-12-26(15-25)23(28)31-24(3,4)5/h9-10,13-14,22,27H,8,11-12,15H2,1-7H3/t22-,25?/m0/s1. The van der Waals surface area contributed by atoms with E-state index in [0.717, 1.165) is 35.3 Å². The molecule has 1 aromatic carbocycles. The highest BCUT2D eigenvalue weighted by Gasteiger charge is 2.42. The van der Waals surface area contributed by atoms with Crippen LogP contribution < -0.4 is 4.74 Å². The van der Waals surface area contributed by atoms with E-state index in [1.165, 1.54) is 0 Å². The second-order valence-electron chi connectivity index (χ2n) is 9.93. The van der Waals surface area contributed by atoms with Crippen LogP contribution in [0.5, 0.6) is 5.75 Å². The number of rotatable bonds is 4.